The van der Waals surface area contributed by atoms with Crippen LogP contribution in [0.5, 0.6) is 0 Å². The van der Waals surface area contributed by atoms with E-state index in [0.717, 1.165) is 18.7 Å². The summed E-state index contributed by atoms with van der Waals surface area (Å²) in [5, 5.41) is 3.30. The van der Waals surface area contributed by atoms with Crippen molar-refractivity contribution in [3.63, 3.8) is 0 Å². The molecule has 0 aromatic heterocycles. The monoisotopic (exact) mass is 298 g/mol. The molecule has 1 unspecified atom stereocenters. The summed E-state index contributed by atoms with van der Waals surface area (Å²) in [6.07, 6.45) is -2.79. The Balaban J connectivity index is 2.11. The van der Waals surface area contributed by atoms with Crippen molar-refractivity contribution in [2.24, 2.45) is 0 Å². The number of rotatable bonds is 5. The highest BCUT2D eigenvalue weighted by molar-refractivity contribution is 5.21. The van der Waals surface area contributed by atoms with E-state index in [-0.39, 0.29) is 12.5 Å². The molecule has 1 heterocycles. The second kappa shape index (κ2) is 7.09. The Morgan fingerprint density at radius 3 is 2.48 bits per heavy atom. The Labute approximate surface area is 123 Å². The van der Waals surface area contributed by atoms with Crippen molar-refractivity contribution in [2.45, 2.75) is 25.6 Å². The Morgan fingerprint density at radius 2 is 1.95 bits per heavy atom. The summed E-state index contributed by atoms with van der Waals surface area (Å²) in [5.41, 5.74) is 0.747. The summed E-state index contributed by atoms with van der Waals surface area (Å²) in [4.78, 5) is 2.10. The lowest BCUT2D eigenvalue weighted by Gasteiger charge is -2.34. The predicted octanol–water partition coefficient (Wildman–Crippen LogP) is 3.53. The second-order valence-electron chi connectivity index (χ2n) is 5.21. The van der Waals surface area contributed by atoms with Gasteiger partial charge in [0.2, 0.25) is 0 Å². The summed E-state index contributed by atoms with van der Waals surface area (Å²) < 4.78 is 38.1. The number of hydrogen-bond acceptors (Lipinski definition) is 2. The minimum atomic E-state index is -4.18. The van der Waals surface area contributed by atoms with Crippen LogP contribution in [0.1, 0.15) is 24.9 Å². The number of hydrogen-bond donors (Lipinski definition) is 1. The molecule has 0 spiro atoms. The van der Waals surface area contributed by atoms with Gasteiger partial charge in [-0.25, -0.2) is 0 Å². The molecule has 1 aliphatic heterocycles. The van der Waals surface area contributed by atoms with E-state index in [4.69, 9.17) is 0 Å². The van der Waals surface area contributed by atoms with Crippen LogP contribution in [-0.4, -0.2) is 37.3 Å². The first-order valence-corrected chi connectivity index (χ1v) is 7.28. The van der Waals surface area contributed by atoms with Crippen molar-refractivity contribution in [1.29, 1.82) is 0 Å². The Kier molecular flexibility index (Phi) is 5.42. The number of alkyl halides is 3. The molecule has 0 radical (unpaired) electrons. The highest BCUT2D eigenvalue weighted by atomic mass is 19.4. The highest BCUT2D eigenvalue weighted by Gasteiger charge is 2.35. The molecule has 21 heavy (non-hydrogen) atoms. The normalized spacial score (nSPS) is 18.4. The van der Waals surface area contributed by atoms with Crippen LogP contribution >= 0.6 is 0 Å². The van der Waals surface area contributed by atoms with E-state index in [2.05, 4.69) is 10.2 Å². The van der Waals surface area contributed by atoms with E-state index in [9.17, 15) is 13.2 Å². The summed E-state index contributed by atoms with van der Waals surface area (Å²) in [5.74, 6) is 0. The van der Waals surface area contributed by atoms with Crippen molar-refractivity contribution in [2.75, 3.05) is 26.2 Å². The molecule has 2 nitrogen and oxygen atoms in total. The van der Waals surface area contributed by atoms with Crippen LogP contribution in [0.2, 0.25) is 0 Å². The van der Waals surface area contributed by atoms with Gasteiger partial charge in [0, 0.05) is 31.2 Å². The van der Waals surface area contributed by atoms with Gasteiger partial charge in [0.15, 0.2) is 0 Å². The lowest BCUT2D eigenvalue weighted by atomic mass is 10.0. The lowest BCUT2D eigenvalue weighted by molar-refractivity contribution is -0.0964. The van der Waals surface area contributed by atoms with Gasteiger partial charge in [0.05, 0.1) is 0 Å². The summed E-state index contributed by atoms with van der Waals surface area (Å²) in [6, 6.07) is 10.1. The number of halogens is 3. The fourth-order valence-electron chi connectivity index (χ4n) is 2.64. The van der Waals surface area contributed by atoms with E-state index in [1.165, 1.54) is 6.08 Å². The van der Waals surface area contributed by atoms with E-state index in [0.29, 0.717) is 13.1 Å². The molecule has 1 aliphatic rings. The summed E-state index contributed by atoms with van der Waals surface area (Å²) in [7, 11) is 0. The zero-order valence-electron chi connectivity index (χ0n) is 12.2. The molecule has 5 heteroatoms. The molecular formula is C16H21F3N2. The molecule has 0 saturated heterocycles. The summed E-state index contributed by atoms with van der Waals surface area (Å²) in [6.45, 7) is 4.41. The second-order valence-corrected chi connectivity index (χ2v) is 5.21. The fraction of sp³-hybridized carbons (Fsp3) is 0.500. The molecule has 1 aromatic rings. The number of nitrogens with zero attached hydrogens (tertiary/aromatic N) is 1. The van der Waals surface area contributed by atoms with E-state index < -0.39 is 11.7 Å². The molecule has 0 amide bonds. The topological polar surface area (TPSA) is 15.3 Å². The maximum atomic E-state index is 12.7. The molecular weight excluding hydrogens is 277 g/mol. The highest BCUT2D eigenvalue weighted by Crippen LogP contribution is 2.32. The molecule has 2 rings (SSSR count). The van der Waals surface area contributed by atoms with E-state index >= 15 is 0 Å². The SMILES string of the molecule is CCNCC(c1ccccc1)N1CC=C(C(F)(F)F)CC1. The van der Waals surface area contributed by atoms with Crippen molar-refractivity contribution in [3.05, 3.63) is 47.5 Å². The largest absolute Gasteiger partial charge is 0.412 e. The molecule has 1 N–H and O–H groups in total. The van der Waals surface area contributed by atoms with Gasteiger partial charge < -0.3 is 5.32 Å². The average Bonchev–Trinajstić information content (AvgIpc) is 2.48. The van der Waals surface area contributed by atoms with E-state index in [1.54, 1.807) is 0 Å². The number of nitrogens with one attached hydrogen (secondary N) is 1. The molecule has 0 saturated carbocycles. The third-order valence-corrected chi connectivity index (χ3v) is 3.82. The van der Waals surface area contributed by atoms with Crippen LogP contribution in [0.4, 0.5) is 13.2 Å². The molecule has 116 valence electrons. The maximum absolute atomic E-state index is 12.7. The van der Waals surface area contributed by atoms with Gasteiger partial charge in [-0.05, 0) is 18.5 Å². The van der Waals surface area contributed by atoms with Crippen molar-refractivity contribution in [1.82, 2.24) is 10.2 Å². The van der Waals surface area contributed by atoms with Crippen molar-refractivity contribution >= 4 is 0 Å². The first-order chi connectivity index (χ1) is 10.0. The Bertz CT molecular complexity index is 468. The Morgan fingerprint density at radius 1 is 1.24 bits per heavy atom. The van der Waals surface area contributed by atoms with Crippen LogP contribution in [0.3, 0.4) is 0 Å². The quantitative estimate of drug-likeness (QED) is 0.837. The first kappa shape index (κ1) is 16.0. The van der Waals surface area contributed by atoms with Crippen LogP contribution in [0.25, 0.3) is 0 Å². The van der Waals surface area contributed by atoms with Crippen molar-refractivity contribution < 1.29 is 13.2 Å². The van der Waals surface area contributed by atoms with Crippen LogP contribution in [-0.2, 0) is 0 Å². The average molecular weight is 298 g/mol. The van der Waals surface area contributed by atoms with Gasteiger partial charge >= 0.3 is 6.18 Å². The fourth-order valence-corrected chi connectivity index (χ4v) is 2.64. The van der Waals surface area contributed by atoms with Crippen LogP contribution < -0.4 is 5.32 Å². The minimum Gasteiger partial charge on any atom is -0.315 e. The smallest absolute Gasteiger partial charge is 0.315 e. The summed E-state index contributed by atoms with van der Waals surface area (Å²) >= 11 is 0. The van der Waals surface area contributed by atoms with Gasteiger partial charge in [-0.2, -0.15) is 13.2 Å². The molecule has 1 atom stereocenters. The molecule has 0 fully saturated rings. The molecule has 0 aliphatic carbocycles. The Hall–Kier alpha value is -1.33. The van der Waals surface area contributed by atoms with Gasteiger partial charge in [-0.15, -0.1) is 0 Å². The zero-order valence-corrected chi connectivity index (χ0v) is 12.2. The third kappa shape index (κ3) is 4.32. The first-order valence-electron chi connectivity index (χ1n) is 7.28. The number of likely N-dealkylation sites (N-methyl/N-ethyl adjacent to an activating group) is 1. The zero-order chi connectivity index (χ0) is 15.3. The van der Waals surface area contributed by atoms with Crippen molar-refractivity contribution in [3.8, 4) is 0 Å². The predicted molar refractivity (Wildman–Crippen MR) is 78.1 cm³/mol. The van der Waals surface area contributed by atoms with Crippen LogP contribution in [0, 0.1) is 0 Å². The molecule has 0 bridgehead atoms. The standard InChI is InChI=1S/C16H21F3N2/c1-2-20-12-15(13-6-4-3-5-7-13)21-10-8-14(9-11-21)16(17,18)19/h3-8,15,20H,2,9-12H2,1H3. The maximum Gasteiger partial charge on any atom is 0.412 e. The third-order valence-electron chi connectivity index (χ3n) is 3.82. The van der Waals surface area contributed by atoms with Crippen LogP contribution in [0.15, 0.2) is 42.0 Å². The van der Waals surface area contributed by atoms with E-state index in [1.807, 2.05) is 37.3 Å². The lowest BCUT2D eigenvalue weighted by Crippen LogP contribution is -2.39. The van der Waals surface area contributed by atoms with Gasteiger partial charge in [-0.1, -0.05) is 43.3 Å². The molecule has 1 aromatic carbocycles. The van der Waals surface area contributed by atoms with Gasteiger partial charge in [-0.3, -0.25) is 4.90 Å². The number of benzene rings is 1. The van der Waals surface area contributed by atoms with Gasteiger partial charge in [0.1, 0.15) is 0 Å². The minimum absolute atomic E-state index is 0.0684. The van der Waals surface area contributed by atoms with Gasteiger partial charge in [0.25, 0.3) is 0 Å².